The van der Waals surface area contributed by atoms with Crippen LogP contribution in [0.25, 0.3) is 22.3 Å². The summed E-state index contributed by atoms with van der Waals surface area (Å²) in [6.07, 6.45) is 6.11. The van der Waals surface area contributed by atoms with Gasteiger partial charge in [-0.15, -0.1) is 0 Å². The lowest BCUT2D eigenvalue weighted by molar-refractivity contribution is 0.122. The average molecular weight is 417 g/mol. The maximum Gasteiger partial charge on any atom is 0.241 e. The molecule has 6 heteroatoms. The number of hydrogen-bond donors (Lipinski definition) is 0. The summed E-state index contributed by atoms with van der Waals surface area (Å²) < 4.78 is 19.1. The van der Waals surface area contributed by atoms with E-state index in [1.54, 1.807) is 6.07 Å². The molecular weight excluding hydrogens is 391 g/mol. The fourth-order valence-corrected chi connectivity index (χ4v) is 4.39. The van der Waals surface area contributed by atoms with Gasteiger partial charge in [0.05, 0.1) is 17.8 Å². The van der Waals surface area contributed by atoms with E-state index in [0.29, 0.717) is 30.8 Å². The Labute approximate surface area is 180 Å². The SMILES string of the molecule is Fc1ccc2nc(CN(Cc3nc(-c4ccccc4)no3)C3CCCCC3)ccc2c1. The van der Waals surface area contributed by atoms with Crippen molar-refractivity contribution in [2.45, 2.75) is 51.2 Å². The lowest BCUT2D eigenvalue weighted by atomic mass is 9.94. The Hall–Kier alpha value is -3.12. The van der Waals surface area contributed by atoms with Gasteiger partial charge in [0.15, 0.2) is 0 Å². The molecule has 1 aliphatic carbocycles. The number of nitrogens with zero attached hydrogens (tertiary/aromatic N) is 4. The normalized spacial score (nSPS) is 15.0. The minimum absolute atomic E-state index is 0.239. The minimum atomic E-state index is -0.239. The van der Waals surface area contributed by atoms with Crippen molar-refractivity contribution >= 4 is 10.9 Å². The first-order valence-corrected chi connectivity index (χ1v) is 10.9. The molecule has 0 aliphatic heterocycles. The highest BCUT2D eigenvalue weighted by Gasteiger charge is 2.24. The van der Waals surface area contributed by atoms with Gasteiger partial charge in [0, 0.05) is 23.5 Å². The van der Waals surface area contributed by atoms with E-state index in [1.165, 1.54) is 44.2 Å². The molecular formula is C25H25FN4O. The Bertz CT molecular complexity index is 1150. The third kappa shape index (κ3) is 4.64. The van der Waals surface area contributed by atoms with Crippen LogP contribution in [-0.2, 0) is 13.1 Å². The molecule has 0 atom stereocenters. The molecule has 2 aromatic carbocycles. The van der Waals surface area contributed by atoms with Crippen LogP contribution in [0.15, 0.2) is 65.2 Å². The van der Waals surface area contributed by atoms with E-state index in [9.17, 15) is 4.39 Å². The first kappa shape index (κ1) is 19.8. The highest BCUT2D eigenvalue weighted by Crippen LogP contribution is 2.26. The van der Waals surface area contributed by atoms with Gasteiger partial charge in [0.25, 0.3) is 0 Å². The Kier molecular flexibility index (Phi) is 5.71. The van der Waals surface area contributed by atoms with E-state index < -0.39 is 0 Å². The fraction of sp³-hybridized carbons (Fsp3) is 0.320. The van der Waals surface area contributed by atoms with Crippen LogP contribution in [0, 0.1) is 5.82 Å². The van der Waals surface area contributed by atoms with Crippen molar-refractivity contribution in [3.63, 3.8) is 0 Å². The lowest BCUT2D eigenvalue weighted by Crippen LogP contribution is -2.36. The zero-order valence-electron chi connectivity index (χ0n) is 17.4. The number of fused-ring (bicyclic) bond motifs is 1. The maximum absolute atomic E-state index is 13.5. The Morgan fingerprint density at radius 3 is 2.58 bits per heavy atom. The molecule has 0 saturated heterocycles. The minimum Gasteiger partial charge on any atom is -0.338 e. The average Bonchev–Trinajstić information content (AvgIpc) is 3.28. The topological polar surface area (TPSA) is 55.1 Å². The second kappa shape index (κ2) is 8.94. The number of rotatable bonds is 6. The number of aromatic nitrogens is 3. The molecule has 2 aromatic heterocycles. The molecule has 0 N–H and O–H groups in total. The van der Waals surface area contributed by atoms with Gasteiger partial charge in [0.2, 0.25) is 11.7 Å². The molecule has 0 spiro atoms. The van der Waals surface area contributed by atoms with Crippen LogP contribution in [0.2, 0.25) is 0 Å². The van der Waals surface area contributed by atoms with Crippen molar-refractivity contribution in [2.24, 2.45) is 0 Å². The molecule has 0 bridgehead atoms. The second-order valence-electron chi connectivity index (χ2n) is 8.21. The van der Waals surface area contributed by atoms with Crippen LogP contribution >= 0.6 is 0 Å². The summed E-state index contributed by atoms with van der Waals surface area (Å²) >= 11 is 0. The van der Waals surface area contributed by atoms with E-state index in [1.807, 2.05) is 42.5 Å². The van der Waals surface area contributed by atoms with E-state index in [2.05, 4.69) is 15.0 Å². The summed E-state index contributed by atoms with van der Waals surface area (Å²) in [6, 6.07) is 19.0. The van der Waals surface area contributed by atoms with Gasteiger partial charge in [-0.05, 0) is 37.1 Å². The van der Waals surface area contributed by atoms with Gasteiger partial charge >= 0.3 is 0 Å². The molecule has 5 rings (SSSR count). The van der Waals surface area contributed by atoms with Crippen LogP contribution < -0.4 is 0 Å². The molecule has 1 aliphatic rings. The van der Waals surface area contributed by atoms with Crippen molar-refractivity contribution in [1.29, 1.82) is 0 Å². The van der Waals surface area contributed by atoms with Gasteiger partial charge < -0.3 is 4.52 Å². The Morgan fingerprint density at radius 2 is 1.74 bits per heavy atom. The molecule has 158 valence electrons. The molecule has 4 aromatic rings. The number of halogens is 1. The smallest absolute Gasteiger partial charge is 0.241 e. The molecule has 0 unspecified atom stereocenters. The molecule has 1 fully saturated rings. The van der Waals surface area contributed by atoms with Gasteiger partial charge in [-0.1, -0.05) is 60.8 Å². The number of pyridine rings is 1. The summed E-state index contributed by atoms with van der Waals surface area (Å²) in [5.41, 5.74) is 2.73. The first-order valence-electron chi connectivity index (χ1n) is 10.9. The first-order chi connectivity index (χ1) is 15.2. The number of benzene rings is 2. The zero-order chi connectivity index (χ0) is 21.0. The highest BCUT2D eigenvalue weighted by atomic mass is 19.1. The van der Waals surface area contributed by atoms with Crippen LogP contribution in [0.4, 0.5) is 4.39 Å². The molecule has 5 nitrogen and oxygen atoms in total. The molecule has 2 heterocycles. The Balaban J connectivity index is 1.38. The van der Waals surface area contributed by atoms with Crippen molar-refractivity contribution < 1.29 is 8.91 Å². The van der Waals surface area contributed by atoms with Crippen LogP contribution in [0.5, 0.6) is 0 Å². The summed E-state index contributed by atoms with van der Waals surface area (Å²) in [5.74, 6) is 0.994. The zero-order valence-corrected chi connectivity index (χ0v) is 17.4. The molecule has 1 saturated carbocycles. The van der Waals surface area contributed by atoms with Gasteiger partial charge in [-0.25, -0.2) is 4.39 Å². The third-order valence-corrected chi connectivity index (χ3v) is 6.00. The van der Waals surface area contributed by atoms with E-state index in [4.69, 9.17) is 9.51 Å². The quantitative estimate of drug-likeness (QED) is 0.400. The standard InChI is InChI=1S/C25H25FN4O/c26-20-12-14-23-19(15-20)11-13-21(27-23)16-30(22-9-5-2-6-10-22)17-24-28-25(29-31-24)18-7-3-1-4-8-18/h1,3-4,7-8,11-15,22H,2,5-6,9-10,16-17H2. The summed E-state index contributed by atoms with van der Waals surface area (Å²) in [7, 11) is 0. The predicted molar refractivity (Wildman–Crippen MR) is 118 cm³/mol. The summed E-state index contributed by atoms with van der Waals surface area (Å²) in [6.45, 7) is 1.29. The van der Waals surface area contributed by atoms with Gasteiger partial charge in [-0.3, -0.25) is 9.88 Å². The maximum atomic E-state index is 13.5. The van der Waals surface area contributed by atoms with E-state index in [-0.39, 0.29) is 5.82 Å². The van der Waals surface area contributed by atoms with Crippen LogP contribution in [-0.4, -0.2) is 26.1 Å². The number of hydrogen-bond acceptors (Lipinski definition) is 5. The monoisotopic (exact) mass is 416 g/mol. The largest absolute Gasteiger partial charge is 0.338 e. The predicted octanol–water partition coefficient (Wildman–Crippen LogP) is 5.76. The fourth-order valence-electron chi connectivity index (χ4n) is 4.39. The molecule has 0 radical (unpaired) electrons. The molecule has 31 heavy (non-hydrogen) atoms. The van der Waals surface area contributed by atoms with Crippen molar-refractivity contribution in [1.82, 2.24) is 20.0 Å². The van der Waals surface area contributed by atoms with Crippen molar-refractivity contribution in [3.8, 4) is 11.4 Å². The third-order valence-electron chi connectivity index (χ3n) is 6.00. The van der Waals surface area contributed by atoms with Gasteiger partial charge in [0.1, 0.15) is 5.82 Å². The van der Waals surface area contributed by atoms with Crippen LogP contribution in [0.3, 0.4) is 0 Å². The van der Waals surface area contributed by atoms with Crippen LogP contribution in [0.1, 0.15) is 43.7 Å². The van der Waals surface area contributed by atoms with Crippen molar-refractivity contribution in [3.05, 3.63) is 78.1 Å². The van der Waals surface area contributed by atoms with E-state index in [0.717, 1.165) is 22.2 Å². The van der Waals surface area contributed by atoms with E-state index >= 15 is 0 Å². The second-order valence-corrected chi connectivity index (χ2v) is 8.21. The summed E-state index contributed by atoms with van der Waals surface area (Å²) in [5, 5.41) is 4.99. The highest BCUT2D eigenvalue weighted by molar-refractivity contribution is 5.78. The summed E-state index contributed by atoms with van der Waals surface area (Å²) in [4.78, 5) is 11.8. The lowest BCUT2D eigenvalue weighted by Gasteiger charge is -2.33. The van der Waals surface area contributed by atoms with Crippen molar-refractivity contribution in [2.75, 3.05) is 0 Å². The van der Waals surface area contributed by atoms with Gasteiger partial charge in [-0.2, -0.15) is 4.98 Å². The molecule has 0 amide bonds. The Morgan fingerprint density at radius 1 is 0.903 bits per heavy atom.